The Kier molecular flexibility index (Phi) is 4.16. The van der Waals surface area contributed by atoms with E-state index >= 15 is 0 Å². The summed E-state index contributed by atoms with van der Waals surface area (Å²) in [5, 5.41) is -0.0751. The molecule has 2 heterocycles. The van der Waals surface area contributed by atoms with Crippen molar-refractivity contribution in [2.24, 2.45) is 0 Å². The third-order valence-corrected chi connectivity index (χ3v) is 3.19. The Balaban J connectivity index is 1.96. The maximum absolute atomic E-state index is 6.32. The molecule has 16 heavy (non-hydrogen) atoms. The maximum atomic E-state index is 6.32. The highest BCUT2D eigenvalue weighted by molar-refractivity contribution is 6.21. The molecule has 0 radical (unpaired) electrons. The second-order valence-electron chi connectivity index (χ2n) is 3.97. The summed E-state index contributed by atoms with van der Waals surface area (Å²) in [7, 11) is 0. The van der Waals surface area contributed by atoms with Crippen molar-refractivity contribution in [2.75, 3.05) is 19.8 Å². The van der Waals surface area contributed by atoms with Gasteiger partial charge in [0.2, 0.25) is 0 Å². The minimum Gasteiger partial charge on any atom is -0.376 e. The molecule has 1 aromatic rings. The Morgan fingerprint density at radius 2 is 2.44 bits per heavy atom. The molecule has 3 nitrogen and oxygen atoms in total. The van der Waals surface area contributed by atoms with Gasteiger partial charge in [-0.05, 0) is 18.6 Å². The van der Waals surface area contributed by atoms with Gasteiger partial charge in [0.15, 0.2) is 0 Å². The SMILES string of the molecule is Cc1cccnc1CC(Cl)C1COCCO1. The first kappa shape index (κ1) is 11.8. The highest BCUT2D eigenvalue weighted by Crippen LogP contribution is 2.17. The van der Waals surface area contributed by atoms with E-state index in [1.54, 1.807) is 6.20 Å². The normalized spacial score (nSPS) is 23.0. The highest BCUT2D eigenvalue weighted by atomic mass is 35.5. The van der Waals surface area contributed by atoms with E-state index in [9.17, 15) is 0 Å². The van der Waals surface area contributed by atoms with Crippen LogP contribution in [0.25, 0.3) is 0 Å². The van der Waals surface area contributed by atoms with E-state index in [0.29, 0.717) is 19.8 Å². The van der Waals surface area contributed by atoms with Crippen molar-refractivity contribution in [3.05, 3.63) is 29.6 Å². The van der Waals surface area contributed by atoms with Gasteiger partial charge in [-0.15, -0.1) is 11.6 Å². The number of ether oxygens (including phenoxy) is 2. The Morgan fingerprint density at radius 1 is 1.56 bits per heavy atom. The highest BCUT2D eigenvalue weighted by Gasteiger charge is 2.24. The van der Waals surface area contributed by atoms with E-state index in [-0.39, 0.29) is 11.5 Å². The molecule has 2 atom stereocenters. The summed E-state index contributed by atoms with van der Waals surface area (Å²) in [6, 6.07) is 3.98. The lowest BCUT2D eigenvalue weighted by Crippen LogP contribution is -2.37. The lowest BCUT2D eigenvalue weighted by Gasteiger charge is -2.26. The first-order chi connectivity index (χ1) is 7.77. The number of hydrogen-bond acceptors (Lipinski definition) is 3. The van der Waals surface area contributed by atoms with Crippen LogP contribution in [0.3, 0.4) is 0 Å². The molecular weight excluding hydrogens is 226 g/mol. The molecule has 0 spiro atoms. The number of aromatic nitrogens is 1. The number of hydrogen-bond donors (Lipinski definition) is 0. The molecule has 1 aromatic heterocycles. The minimum atomic E-state index is -0.0751. The summed E-state index contributed by atoms with van der Waals surface area (Å²) in [5.41, 5.74) is 2.21. The molecule has 0 saturated carbocycles. The number of halogens is 1. The first-order valence-corrected chi connectivity index (χ1v) is 5.95. The topological polar surface area (TPSA) is 31.4 Å². The number of rotatable bonds is 3. The molecule has 1 aliphatic rings. The molecule has 0 N–H and O–H groups in total. The molecule has 0 bridgehead atoms. The summed E-state index contributed by atoms with van der Waals surface area (Å²) in [5.74, 6) is 0. The van der Waals surface area contributed by atoms with Gasteiger partial charge in [0.1, 0.15) is 0 Å². The Morgan fingerprint density at radius 3 is 3.12 bits per heavy atom. The zero-order valence-corrected chi connectivity index (χ0v) is 10.1. The number of pyridine rings is 1. The summed E-state index contributed by atoms with van der Waals surface area (Å²) in [4.78, 5) is 4.33. The summed E-state index contributed by atoms with van der Waals surface area (Å²) in [6.45, 7) is 3.93. The van der Waals surface area contributed by atoms with E-state index in [1.165, 1.54) is 5.56 Å². The zero-order valence-electron chi connectivity index (χ0n) is 9.36. The van der Waals surface area contributed by atoms with Crippen molar-refractivity contribution >= 4 is 11.6 Å². The van der Waals surface area contributed by atoms with Crippen molar-refractivity contribution in [3.63, 3.8) is 0 Å². The van der Waals surface area contributed by atoms with Gasteiger partial charge < -0.3 is 9.47 Å². The third-order valence-electron chi connectivity index (χ3n) is 2.75. The van der Waals surface area contributed by atoms with Crippen LogP contribution < -0.4 is 0 Å². The van der Waals surface area contributed by atoms with Crippen molar-refractivity contribution in [1.29, 1.82) is 0 Å². The summed E-state index contributed by atoms with van der Waals surface area (Å²) < 4.78 is 10.9. The average Bonchev–Trinajstić information content (AvgIpc) is 2.33. The van der Waals surface area contributed by atoms with Gasteiger partial charge in [-0.1, -0.05) is 6.07 Å². The zero-order chi connectivity index (χ0) is 11.4. The van der Waals surface area contributed by atoms with Crippen LogP contribution in [0.2, 0.25) is 0 Å². The fourth-order valence-electron chi connectivity index (χ4n) is 1.76. The lowest BCUT2D eigenvalue weighted by atomic mass is 10.1. The summed E-state index contributed by atoms with van der Waals surface area (Å²) in [6.07, 6.45) is 2.50. The largest absolute Gasteiger partial charge is 0.376 e. The van der Waals surface area contributed by atoms with Gasteiger partial charge in [0, 0.05) is 18.3 Å². The van der Waals surface area contributed by atoms with Crippen LogP contribution in [0.5, 0.6) is 0 Å². The average molecular weight is 242 g/mol. The Hall–Kier alpha value is -0.640. The lowest BCUT2D eigenvalue weighted by molar-refractivity contribution is -0.0887. The van der Waals surface area contributed by atoms with E-state index in [1.807, 2.05) is 19.1 Å². The molecular formula is C12H16ClNO2. The van der Waals surface area contributed by atoms with Gasteiger partial charge in [-0.25, -0.2) is 0 Å². The van der Waals surface area contributed by atoms with E-state index in [0.717, 1.165) is 12.1 Å². The van der Waals surface area contributed by atoms with Crippen molar-refractivity contribution in [3.8, 4) is 0 Å². The molecule has 4 heteroatoms. The van der Waals surface area contributed by atoms with Crippen LogP contribution in [-0.4, -0.2) is 36.3 Å². The van der Waals surface area contributed by atoms with Crippen LogP contribution in [-0.2, 0) is 15.9 Å². The van der Waals surface area contributed by atoms with E-state index in [4.69, 9.17) is 21.1 Å². The minimum absolute atomic E-state index is 0.0168. The number of aryl methyl sites for hydroxylation is 1. The Bertz CT molecular complexity index is 340. The fraction of sp³-hybridized carbons (Fsp3) is 0.583. The van der Waals surface area contributed by atoms with Crippen LogP contribution in [0, 0.1) is 6.92 Å². The molecule has 0 aromatic carbocycles. The van der Waals surface area contributed by atoms with Crippen molar-refractivity contribution in [2.45, 2.75) is 24.8 Å². The second kappa shape index (κ2) is 5.62. The van der Waals surface area contributed by atoms with Crippen molar-refractivity contribution < 1.29 is 9.47 Å². The van der Waals surface area contributed by atoms with Crippen LogP contribution in [0.15, 0.2) is 18.3 Å². The molecule has 0 aliphatic carbocycles. The monoisotopic (exact) mass is 241 g/mol. The predicted molar refractivity (Wildman–Crippen MR) is 62.9 cm³/mol. The molecule has 1 saturated heterocycles. The maximum Gasteiger partial charge on any atom is 0.0976 e. The second-order valence-corrected chi connectivity index (χ2v) is 4.53. The van der Waals surface area contributed by atoms with Crippen LogP contribution >= 0.6 is 11.6 Å². The van der Waals surface area contributed by atoms with Gasteiger partial charge in [-0.3, -0.25) is 4.98 Å². The molecule has 1 aliphatic heterocycles. The molecule has 1 fully saturated rings. The first-order valence-electron chi connectivity index (χ1n) is 5.51. The number of alkyl halides is 1. The van der Waals surface area contributed by atoms with Gasteiger partial charge in [-0.2, -0.15) is 0 Å². The standard InChI is InChI=1S/C12H16ClNO2/c1-9-3-2-4-14-11(9)7-10(13)12-8-15-5-6-16-12/h2-4,10,12H,5-8H2,1H3. The quantitative estimate of drug-likeness (QED) is 0.758. The van der Waals surface area contributed by atoms with E-state index < -0.39 is 0 Å². The number of nitrogens with zero attached hydrogens (tertiary/aromatic N) is 1. The van der Waals surface area contributed by atoms with Gasteiger partial charge in [0.25, 0.3) is 0 Å². The van der Waals surface area contributed by atoms with Crippen LogP contribution in [0.4, 0.5) is 0 Å². The predicted octanol–water partition coefficient (Wildman–Crippen LogP) is 1.96. The smallest absolute Gasteiger partial charge is 0.0976 e. The third kappa shape index (κ3) is 2.94. The molecule has 2 rings (SSSR count). The Labute approximate surface area is 101 Å². The molecule has 2 unspecified atom stereocenters. The van der Waals surface area contributed by atoms with E-state index in [2.05, 4.69) is 4.98 Å². The van der Waals surface area contributed by atoms with Crippen molar-refractivity contribution in [1.82, 2.24) is 4.98 Å². The molecule has 88 valence electrons. The fourth-order valence-corrected chi connectivity index (χ4v) is 2.05. The molecule has 0 amide bonds. The summed E-state index contributed by atoms with van der Waals surface area (Å²) >= 11 is 6.32. The van der Waals surface area contributed by atoms with Gasteiger partial charge >= 0.3 is 0 Å². The van der Waals surface area contributed by atoms with Gasteiger partial charge in [0.05, 0.1) is 31.3 Å². The van der Waals surface area contributed by atoms with Crippen LogP contribution in [0.1, 0.15) is 11.3 Å².